The van der Waals surface area contributed by atoms with Crippen molar-refractivity contribution in [2.75, 3.05) is 26.9 Å². The number of allylic oxidation sites excluding steroid dienone is 5. The first-order valence-electron chi connectivity index (χ1n) is 28.1. The van der Waals surface area contributed by atoms with Gasteiger partial charge in [-0.2, -0.15) is 0 Å². The molecule has 4 aliphatic carbocycles. The minimum Gasteiger partial charge on any atom is -0.726 e. The average Bonchev–Trinajstić information content (AvgIpc) is 1.72. The van der Waals surface area contributed by atoms with Crippen LogP contribution in [0.25, 0.3) is 0 Å². The molecule has 0 aromatic rings. The number of methoxy groups -OCH3 is 1. The molecular formula is C55H83NaO26S. The molecule has 10 unspecified atom stereocenters. The molecule has 0 aromatic carbocycles. The molecule has 26 nitrogen and oxygen atoms in total. The van der Waals surface area contributed by atoms with E-state index < -0.39 is 198 Å². The molecule has 3 saturated carbocycles. The van der Waals surface area contributed by atoms with Crippen molar-refractivity contribution in [1.82, 2.24) is 0 Å². The fourth-order valence-electron chi connectivity index (χ4n) is 15.9. The maximum atomic E-state index is 14.7. The Bertz CT molecular complexity index is 2570. The van der Waals surface area contributed by atoms with Gasteiger partial charge in [0.2, 0.25) is 10.4 Å². The van der Waals surface area contributed by atoms with Gasteiger partial charge in [0, 0.05) is 19.4 Å². The van der Waals surface area contributed by atoms with E-state index in [0.29, 0.717) is 25.7 Å². The van der Waals surface area contributed by atoms with Crippen molar-refractivity contribution in [2.45, 2.75) is 235 Å². The minimum atomic E-state index is -5.43. The third kappa shape index (κ3) is 11.3. The molecule has 5 saturated heterocycles. The summed E-state index contributed by atoms with van der Waals surface area (Å²) in [6.07, 6.45) is -21.5. The summed E-state index contributed by atoms with van der Waals surface area (Å²) in [5.41, 5.74) is -5.10. The molecule has 0 amide bonds. The summed E-state index contributed by atoms with van der Waals surface area (Å²) in [5, 5.41) is 102. The van der Waals surface area contributed by atoms with Crippen molar-refractivity contribution in [3.63, 3.8) is 0 Å². The fraction of sp³-hybridized carbons (Fsp3) is 0.855. The first-order chi connectivity index (χ1) is 38.2. The van der Waals surface area contributed by atoms with Gasteiger partial charge in [-0.25, -0.2) is 8.42 Å². The van der Waals surface area contributed by atoms with Crippen LogP contribution >= 0.6 is 0 Å². The first kappa shape index (κ1) is 67.2. The van der Waals surface area contributed by atoms with E-state index in [4.69, 9.17) is 52.1 Å². The Morgan fingerprint density at radius 3 is 2.06 bits per heavy atom. The second-order valence-corrected chi connectivity index (χ2v) is 26.3. The molecule has 5 aliphatic heterocycles. The van der Waals surface area contributed by atoms with Gasteiger partial charge in [-0.05, 0) is 95.0 Å². The second kappa shape index (κ2) is 24.6. The molecule has 9 rings (SSSR count). The number of hydrogen-bond acceptors (Lipinski definition) is 26. The average molecular weight is 1220 g/mol. The zero-order chi connectivity index (χ0) is 60.2. The molecule has 8 fully saturated rings. The van der Waals surface area contributed by atoms with Gasteiger partial charge in [-0.15, -0.1) is 0 Å². The van der Waals surface area contributed by atoms with Gasteiger partial charge in [0.25, 0.3) is 0 Å². The Labute approximate surface area is 504 Å². The Hall–Kier alpha value is -1.69. The molecule has 0 bridgehead atoms. The zero-order valence-electron chi connectivity index (χ0n) is 48.7. The first-order valence-corrected chi connectivity index (χ1v) is 29.4. The third-order valence-corrected chi connectivity index (χ3v) is 20.5. The summed E-state index contributed by atoms with van der Waals surface area (Å²) in [5.74, 6) is -1.36. The van der Waals surface area contributed by atoms with E-state index in [1.165, 1.54) is 21.0 Å². The summed E-state index contributed by atoms with van der Waals surface area (Å²) < 4.78 is 106. The van der Waals surface area contributed by atoms with Crippen molar-refractivity contribution in [3.8, 4) is 0 Å². The number of carbonyl (C=O) groups excluding carboxylic acids is 2. The molecule has 1 spiro atoms. The summed E-state index contributed by atoms with van der Waals surface area (Å²) in [6, 6.07) is 0. The summed E-state index contributed by atoms with van der Waals surface area (Å²) in [4.78, 5) is 27.4. The molecule has 28 heteroatoms. The second-order valence-electron chi connectivity index (χ2n) is 25.3. The number of rotatable bonds is 15. The van der Waals surface area contributed by atoms with Crippen LogP contribution in [0.2, 0.25) is 0 Å². The number of carbonyl (C=O) groups is 2. The van der Waals surface area contributed by atoms with E-state index in [1.807, 2.05) is 40.7 Å². The molecule has 466 valence electrons. The van der Waals surface area contributed by atoms with E-state index >= 15 is 0 Å². The number of hydrogen-bond donors (Lipinski definition) is 9. The zero-order valence-corrected chi connectivity index (χ0v) is 51.6. The van der Waals surface area contributed by atoms with Crippen LogP contribution in [0.1, 0.15) is 101 Å². The van der Waals surface area contributed by atoms with Crippen molar-refractivity contribution >= 4 is 22.3 Å². The number of cyclic esters (lactones) is 1. The molecule has 9 N–H and O–H groups in total. The van der Waals surface area contributed by atoms with Gasteiger partial charge >= 0.3 is 41.5 Å². The maximum Gasteiger partial charge on any atom is 1.00 e. The van der Waals surface area contributed by atoms with Gasteiger partial charge in [0.1, 0.15) is 90.9 Å². The van der Waals surface area contributed by atoms with Crippen LogP contribution in [0.15, 0.2) is 35.5 Å². The molecule has 0 aromatic heterocycles. The predicted molar refractivity (Wildman–Crippen MR) is 275 cm³/mol. The molecule has 83 heavy (non-hydrogen) atoms. The molecule has 0 radical (unpaired) electrons. The quantitative estimate of drug-likeness (QED) is 0.0189. The monoisotopic (exact) mass is 1210 g/mol. The van der Waals surface area contributed by atoms with Gasteiger partial charge in [-0.3, -0.25) is 13.8 Å². The van der Waals surface area contributed by atoms with Crippen molar-refractivity contribution in [1.29, 1.82) is 0 Å². The van der Waals surface area contributed by atoms with Gasteiger partial charge in [0.15, 0.2) is 36.4 Å². The van der Waals surface area contributed by atoms with Crippen molar-refractivity contribution < 1.29 is 154 Å². The summed E-state index contributed by atoms with van der Waals surface area (Å²) in [7, 11) is -4.23. The minimum absolute atomic E-state index is 0. The van der Waals surface area contributed by atoms with Gasteiger partial charge < -0.3 is 103 Å². The Kier molecular flexibility index (Phi) is 19.9. The standard InChI is InChI=1S/C55H84O26S.Na/c1-24(2)12-11-17-53(9)55(66)34(74-26(4)57)20-52(8)28-13-14-32-50(5,6)33(16-18-51(32,7)27(28)15-19-54(52,55)49(65)80-53)76-48-44(36(60)31(23-72-48)81-82(67,68)69)79-46-38(62)37(61)41(25(3)73-46)77-45-39(63)42(29(58)22-71-45)78-47-40(64)43(70-10)35(59)30(21-56)75-47;/h11-13,17,25,27,29-48,56,58-64,66H,14-16,18-23H2,1-10H3,(H,67,68,69);/q;+1/p-1/b17-11-;/t25?,27-,29-,30?,31-,32+,33+,34+,35-,36?,37?,38?,39?,40?,41-,42?,43?,44?,45+,46+,47+,48+,51-,52+,53+,54-,55+;/m1./s1. The Morgan fingerprint density at radius 2 is 1.42 bits per heavy atom. The predicted octanol–water partition coefficient (Wildman–Crippen LogP) is -3.83. The topological polar surface area (TPSA) is 384 Å². The van der Waals surface area contributed by atoms with Gasteiger partial charge in [-0.1, -0.05) is 57.1 Å². The number of aliphatic hydroxyl groups is 9. The largest absolute Gasteiger partial charge is 1.00 e. The summed E-state index contributed by atoms with van der Waals surface area (Å²) in [6.45, 7) is 14.6. The SMILES string of the molecule is COC1C(O)[C@H](OC2C(O)[C@H](O[C@@H]3C(C)O[C@@H](OC4C(O)[C@H](OS(=O)(=O)[O-])CO[C@H]4O[C@H]4CC[C@]5(C)[C@@H]6CC[C@]78C(=O)O[C@@](C)(/C=C\C=C(C)C)[C@@]7(O)[C@@H](OC(C)=O)C[C@@]8(C)C6=CC[C@H]5C4(C)C)C(O)C3O)OC[C@H]2O)OC(CO)[C@H]1O.[Na+]. The van der Waals surface area contributed by atoms with E-state index in [2.05, 4.69) is 17.2 Å². The van der Waals surface area contributed by atoms with Crippen LogP contribution in [-0.2, 0) is 76.3 Å². The molecule has 27 atom stereocenters. The van der Waals surface area contributed by atoms with E-state index in [-0.39, 0.29) is 54.2 Å². The normalized spacial score (nSPS) is 49.5. The van der Waals surface area contributed by atoms with Crippen LogP contribution in [0.5, 0.6) is 0 Å². The molecule has 9 aliphatic rings. The van der Waals surface area contributed by atoms with Crippen LogP contribution in [0.4, 0.5) is 0 Å². The molecular weight excluding hydrogens is 1130 g/mol. The fourth-order valence-corrected chi connectivity index (χ4v) is 16.4. The van der Waals surface area contributed by atoms with Crippen LogP contribution < -0.4 is 29.6 Å². The third-order valence-electron chi connectivity index (χ3n) is 20.0. The van der Waals surface area contributed by atoms with Crippen LogP contribution in [-0.4, -0.2) is 232 Å². The van der Waals surface area contributed by atoms with Crippen LogP contribution in [0, 0.1) is 33.5 Å². The number of fused-ring (bicyclic) bond motifs is 4. The Balaban J connectivity index is 0.00000900. The molecule has 5 heterocycles. The Morgan fingerprint density at radius 1 is 0.783 bits per heavy atom. The van der Waals surface area contributed by atoms with E-state index in [0.717, 1.165) is 11.1 Å². The number of ether oxygens (including phenoxy) is 11. The summed E-state index contributed by atoms with van der Waals surface area (Å²) >= 11 is 0. The van der Waals surface area contributed by atoms with E-state index in [1.54, 1.807) is 19.1 Å². The van der Waals surface area contributed by atoms with Crippen molar-refractivity contribution in [3.05, 3.63) is 35.5 Å². The maximum absolute atomic E-state index is 14.7. The van der Waals surface area contributed by atoms with Gasteiger partial charge in [0.05, 0.1) is 32.0 Å². The van der Waals surface area contributed by atoms with Crippen molar-refractivity contribution in [2.24, 2.45) is 33.5 Å². The number of aliphatic hydroxyl groups excluding tert-OH is 8. The smallest absolute Gasteiger partial charge is 0.726 e. The number of esters is 2. The van der Waals surface area contributed by atoms with Crippen LogP contribution in [0.3, 0.4) is 0 Å². The van der Waals surface area contributed by atoms with E-state index in [9.17, 15) is 68.5 Å².